The van der Waals surface area contributed by atoms with Gasteiger partial charge in [0, 0.05) is 19.6 Å². The first-order valence-corrected chi connectivity index (χ1v) is 6.83. The fraction of sp³-hybridized carbons (Fsp3) is 0.600. The molecule has 0 spiro atoms. The highest BCUT2D eigenvalue weighted by molar-refractivity contribution is 5.23. The fourth-order valence-electron chi connectivity index (χ4n) is 3.41. The van der Waals surface area contributed by atoms with E-state index in [4.69, 9.17) is 5.73 Å². The van der Waals surface area contributed by atoms with Crippen molar-refractivity contribution in [3.8, 4) is 0 Å². The van der Waals surface area contributed by atoms with Gasteiger partial charge in [0.2, 0.25) is 0 Å². The van der Waals surface area contributed by atoms with Gasteiger partial charge in [-0.25, -0.2) is 0 Å². The van der Waals surface area contributed by atoms with Crippen molar-refractivity contribution in [2.75, 3.05) is 19.6 Å². The molecule has 92 valence electrons. The Bertz CT molecular complexity index is 372. The Kier molecular flexibility index (Phi) is 3.17. The van der Waals surface area contributed by atoms with Crippen molar-refractivity contribution in [2.24, 2.45) is 17.6 Å². The summed E-state index contributed by atoms with van der Waals surface area (Å²) < 4.78 is 0. The topological polar surface area (TPSA) is 29.3 Å². The number of hydrogen-bond acceptors (Lipinski definition) is 2. The predicted octanol–water partition coefficient (Wildman–Crippen LogP) is 2.03. The van der Waals surface area contributed by atoms with Crippen LogP contribution in [0.25, 0.3) is 0 Å². The second-order valence-corrected chi connectivity index (χ2v) is 5.76. The monoisotopic (exact) mass is 230 g/mol. The molecule has 0 atom stereocenters. The van der Waals surface area contributed by atoms with Gasteiger partial charge in [-0.15, -0.1) is 0 Å². The minimum atomic E-state index is 0.747. The van der Waals surface area contributed by atoms with E-state index in [0.29, 0.717) is 0 Å². The van der Waals surface area contributed by atoms with Crippen molar-refractivity contribution >= 4 is 0 Å². The first-order chi connectivity index (χ1) is 8.33. The lowest BCUT2D eigenvalue weighted by Gasteiger charge is -2.47. The molecule has 2 bridgehead atoms. The van der Waals surface area contributed by atoms with Crippen LogP contribution in [0.2, 0.25) is 0 Å². The van der Waals surface area contributed by atoms with Crippen LogP contribution in [-0.2, 0) is 13.0 Å². The van der Waals surface area contributed by atoms with Crippen LogP contribution in [0.1, 0.15) is 24.0 Å². The van der Waals surface area contributed by atoms with Crippen LogP contribution in [0.3, 0.4) is 0 Å². The normalized spacial score (nSPS) is 27.8. The van der Waals surface area contributed by atoms with E-state index in [1.165, 1.54) is 37.1 Å². The lowest BCUT2D eigenvalue weighted by Crippen LogP contribution is -2.47. The van der Waals surface area contributed by atoms with Crippen LogP contribution < -0.4 is 5.73 Å². The van der Waals surface area contributed by atoms with Gasteiger partial charge in [0.05, 0.1) is 0 Å². The van der Waals surface area contributed by atoms with Gasteiger partial charge < -0.3 is 5.73 Å². The van der Waals surface area contributed by atoms with Crippen LogP contribution in [0.4, 0.5) is 0 Å². The number of rotatable bonds is 4. The summed E-state index contributed by atoms with van der Waals surface area (Å²) in [5.41, 5.74) is 8.45. The molecule has 2 heterocycles. The minimum Gasteiger partial charge on any atom is -0.330 e. The van der Waals surface area contributed by atoms with Gasteiger partial charge in [0.15, 0.2) is 0 Å². The SMILES string of the molecule is NCCc1cccc(CN2CC3CC(C3)C2)c1. The Labute approximate surface area is 104 Å². The van der Waals surface area contributed by atoms with Gasteiger partial charge in [0.25, 0.3) is 0 Å². The molecule has 0 unspecified atom stereocenters. The predicted molar refractivity (Wildman–Crippen MR) is 70.7 cm³/mol. The van der Waals surface area contributed by atoms with Gasteiger partial charge in [-0.1, -0.05) is 24.3 Å². The lowest BCUT2D eigenvalue weighted by molar-refractivity contribution is 0.0228. The fourth-order valence-corrected chi connectivity index (χ4v) is 3.41. The highest BCUT2D eigenvalue weighted by Crippen LogP contribution is 2.39. The van der Waals surface area contributed by atoms with Gasteiger partial charge in [-0.2, -0.15) is 0 Å². The molecule has 2 saturated heterocycles. The average molecular weight is 230 g/mol. The maximum absolute atomic E-state index is 5.61. The molecule has 4 rings (SSSR count). The van der Waals surface area contributed by atoms with Crippen LogP contribution in [0.15, 0.2) is 24.3 Å². The van der Waals surface area contributed by atoms with E-state index in [-0.39, 0.29) is 0 Å². The van der Waals surface area contributed by atoms with E-state index in [1.54, 1.807) is 0 Å². The molecular formula is C15H22N2. The number of fused-ring (bicyclic) bond motifs is 2. The number of hydrogen-bond donors (Lipinski definition) is 1. The Hall–Kier alpha value is -0.860. The number of benzene rings is 1. The number of nitrogens with zero attached hydrogens (tertiary/aromatic N) is 1. The zero-order valence-electron chi connectivity index (χ0n) is 10.4. The van der Waals surface area contributed by atoms with E-state index >= 15 is 0 Å². The van der Waals surface area contributed by atoms with Crippen molar-refractivity contribution in [1.29, 1.82) is 0 Å². The molecule has 1 aliphatic carbocycles. The maximum Gasteiger partial charge on any atom is 0.0234 e. The molecule has 1 saturated carbocycles. The number of piperidine rings is 2. The second kappa shape index (κ2) is 4.79. The van der Waals surface area contributed by atoms with Gasteiger partial charge in [-0.3, -0.25) is 4.90 Å². The summed E-state index contributed by atoms with van der Waals surface area (Å²) in [7, 11) is 0. The summed E-state index contributed by atoms with van der Waals surface area (Å²) in [6.07, 6.45) is 3.98. The Morgan fingerprint density at radius 2 is 1.82 bits per heavy atom. The molecule has 2 N–H and O–H groups in total. The quantitative estimate of drug-likeness (QED) is 0.857. The molecule has 0 amide bonds. The molecular weight excluding hydrogens is 208 g/mol. The maximum atomic E-state index is 5.61. The lowest BCUT2D eigenvalue weighted by atomic mass is 9.71. The summed E-state index contributed by atoms with van der Waals surface area (Å²) in [5.74, 6) is 2.00. The molecule has 17 heavy (non-hydrogen) atoms. The third kappa shape index (κ3) is 2.53. The summed E-state index contributed by atoms with van der Waals surface area (Å²) >= 11 is 0. The van der Waals surface area contributed by atoms with Gasteiger partial charge in [0.1, 0.15) is 0 Å². The molecule has 2 heteroatoms. The third-order valence-corrected chi connectivity index (χ3v) is 4.20. The average Bonchev–Trinajstić information content (AvgIpc) is 2.29. The smallest absolute Gasteiger partial charge is 0.0234 e. The first kappa shape index (κ1) is 11.2. The van der Waals surface area contributed by atoms with E-state index in [1.807, 2.05) is 0 Å². The molecule has 3 fully saturated rings. The Morgan fingerprint density at radius 1 is 1.12 bits per heavy atom. The standard InChI is InChI=1S/C15H22N2/c16-5-4-12-2-1-3-13(6-12)9-17-10-14-7-15(8-14)11-17/h1-3,6,14-15H,4-5,7-11,16H2. The highest BCUT2D eigenvalue weighted by atomic mass is 15.1. The summed E-state index contributed by atoms with van der Waals surface area (Å²) in [5, 5.41) is 0. The van der Waals surface area contributed by atoms with Crippen LogP contribution >= 0.6 is 0 Å². The van der Waals surface area contributed by atoms with Crippen LogP contribution in [0.5, 0.6) is 0 Å². The van der Waals surface area contributed by atoms with Gasteiger partial charge >= 0.3 is 0 Å². The largest absolute Gasteiger partial charge is 0.330 e. The molecule has 2 aliphatic heterocycles. The van der Waals surface area contributed by atoms with E-state index in [9.17, 15) is 0 Å². The van der Waals surface area contributed by atoms with Crippen LogP contribution in [0, 0.1) is 11.8 Å². The highest BCUT2D eigenvalue weighted by Gasteiger charge is 2.36. The minimum absolute atomic E-state index is 0.747. The number of nitrogens with two attached hydrogens (primary N) is 1. The molecule has 0 aromatic heterocycles. The van der Waals surface area contributed by atoms with Crippen molar-refractivity contribution in [1.82, 2.24) is 4.90 Å². The van der Waals surface area contributed by atoms with E-state index in [0.717, 1.165) is 31.3 Å². The molecule has 3 aliphatic rings. The van der Waals surface area contributed by atoms with E-state index < -0.39 is 0 Å². The van der Waals surface area contributed by atoms with Crippen LogP contribution in [-0.4, -0.2) is 24.5 Å². The second-order valence-electron chi connectivity index (χ2n) is 5.76. The van der Waals surface area contributed by atoms with Crippen molar-refractivity contribution in [3.05, 3.63) is 35.4 Å². The Balaban J connectivity index is 1.62. The van der Waals surface area contributed by atoms with Crippen molar-refractivity contribution in [2.45, 2.75) is 25.8 Å². The first-order valence-electron chi connectivity index (χ1n) is 6.83. The summed E-state index contributed by atoms with van der Waals surface area (Å²) in [6.45, 7) is 4.51. The molecule has 1 aromatic carbocycles. The van der Waals surface area contributed by atoms with Gasteiger partial charge in [-0.05, 0) is 48.8 Å². The zero-order valence-corrected chi connectivity index (χ0v) is 10.4. The molecule has 0 radical (unpaired) electrons. The Morgan fingerprint density at radius 3 is 2.53 bits per heavy atom. The zero-order chi connectivity index (χ0) is 11.7. The van der Waals surface area contributed by atoms with Crippen molar-refractivity contribution < 1.29 is 0 Å². The van der Waals surface area contributed by atoms with E-state index in [2.05, 4.69) is 29.2 Å². The summed E-state index contributed by atoms with van der Waals surface area (Å²) in [4.78, 5) is 2.63. The summed E-state index contributed by atoms with van der Waals surface area (Å²) in [6, 6.07) is 8.93. The molecule has 1 aromatic rings. The van der Waals surface area contributed by atoms with Crippen molar-refractivity contribution in [3.63, 3.8) is 0 Å². The molecule has 2 nitrogen and oxygen atoms in total. The third-order valence-electron chi connectivity index (χ3n) is 4.20.